The molecule has 1 heterocycles. The maximum atomic E-state index is 11.9. The summed E-state index contributed by atoms with van der Waals surface area (Å²) in [5.41, 5.74) is 0.880. The lowest BCUT2D eigenvalue weighted by molar-refractivity contribution is -0.131. The molecule has 0 bridgehead atoms. The molecule has 1 aliphatic heterocycles. The average molecular weight is 278 g/mol. The standard InChI is InChI=1S/C15H22N2O3/c18-13-5-4-12(10-14(13)19)11-16-7-6-15(20)17-8-2-1-3-9-17/h4-5,10,16,18-19H,1-3,6-9,11H2. The van der Waals surface area contributed by atoms with Gasteiger partial charge in [-0.05, 0) is 37.0 Å². The zero-order valence-electron chi connectivity index (χ0n) is 11.6. The number of nitrogens with one attached hydrogen (secondary N) is 1. The Balaban J connectivity index is 1.68. The Hall–Kier alpha value is -1.75. The highest BCUT2D eigenvalue weighted by Crippen LogP contribution is 2.24. The van der Waals surface area contributed by atoms with Crippen LogP contribution >= 0.6 is 0 Å². The monoisotopic (exact) mass is 278 g/mol. The van der Waals surface area contributed by atoms with Crippen molar-refractivity contribution in [2.45, 2.75) is 32.2 Å². The smallest absolute Gasteiger partial charge is 0.223 e. The lowest BCUT2D eigenvalue weighted by atomic mass is 10.1. The fraction of sp³-hybridized carbons (Fsp3) is 0.533. The van der Waals surface area contributed by atoms with Gasteiger partial charge in [-0.2, -0.15) is 0 Å². The quantitative estimate of drug-likeness (QED) is 0.565. The van der Waals surface area contributed by atoms with Crippen LogP contribution in [0.5, 0.6) is 11.5 Å². The lowest BCUT2D eigenvalue weighted by Gasteiger charge is -2.26. The fourth-order valence-electron chi connectivity index (χ4n) is 2.41. The van der Waals surface area contributed by atoms with Crippen LogP contribution in [-0.4, -0.2) is 40.7 Å². The number of amides is 1. The number of piperidine rings is 1. The van der Waals surface area contributed by atoms with Crippen LogP contribution in [0.15, 0.2) is 18.2 Å². The van der Waals surface area contributed by atoms with Crippen LogP contribution in [0.1, 0.15) is 31.2 Å². The molecular formula is C15H22N2O3. The number of benzene rings is 1. The van der Waals surface area contributed by atoms with Crippen molar-refractivity contribution in [3.8, 4) is 11.5 Å². The number of hydrogen-bond donors (Lipinski definition) is 3. The maximum absolute atomic E-state index is 11.9. The van der Waals surface area contributed by atoms with Gasteiger partial charge in [0.05, 0.1) is 0 Å². The molecule has 1 saturated heterocycles. The van der Waals surface area contributed by atoms with E-state index in [4.69, 9.17) is 0 Å². The van der Waals surface area contributed by atoms with Crippen molar-refractivity contribution in [1.29, 1.82) is 0 Å². The Morgan fingerprint density at radius 1 is 1.15 bits per heavy atom. The Labute approximate surface area is 119 Å². The molecule has 5 nitrogen and oxygen atoms in total. The molecule has 0 unspecified atom stereocenters. The van der Waals surface area contributed by atoms with Crippen molar-refractivity contribution in [1.82, 2.24) is 10.2 Å². The number of phenols is 2. The van der Waals surface area contributed by atoms with E-state index in [9.17, 15) is 15.0 Å². The molecule has 1 aromatic rings. The summed E-state index contributed by atoms with van der Waals surface area (Å²) in [5.74, 6) is -0.0199. The third kappa shape index (κ3) is 4.13. The van der Waals surface area contributed by atoms with Crippen LogP contribution in [0.4, 0.5) is 0 Å². The summed E-state index contributed by atoms with van der Waals surface area (Å²) in [6, 6.07) is 4.73. The Morgan fingerprint density at radius 3 is 2.60 bits per heavy atom. The summed E-state index contributed by atoms with van der Waals surface area (Å²) in [4.78, 5) is 13.9. The second kappa shape index (κ2) is 7.14. The van der Waals surface area contributed by atoms with Crippen molar-refractivity contribution >= 4 is 5.91 Å². The van der Waals surface area contributed by atoms with Crippen molar-refractivity contribution in [3.05, 3.63) is 23.8 Å². The van der Waals surface area contributed by atoms with Gasteiger partial charge in [0.2, 0.25) is 5.91 Å². The molecule has 1 amide bonds. The largest absolute Gasteiger partial charge is 0.504 e. The van der Waals surface area contributed by atoms with Gasteiger partial charge in [-0.1, -0.05) is 6.07 Å². The second-order valence-corrected chi connectivity index (χ2v) is 5.19. The van der Waals surface area contributed by atoms with Crippen molar-refractivity contribution < 1.29 is 15.0 Å². The molecule has 20 heavy (non-hydrogen) atoms. The molecule has 1 aromatic carbocycles. The number of carbonyl (C=O) groups excluding carboxylic acids is 1. The first kappa shape index (κ1) is 14.7. The van der Waals surface area contributed by atoms with E-state index in [1.807, 2.05) is 4.90 Å². The minimum atomic E-state index is -0.117. The summed E-state index contributed by atoms with van der Waals surface area (Å²) in [6.45, 7) is 2.98. The van der Waals surface area contributed by atoms with E-state index in [-0.39, 0.29) is 17.4 Å². The number of nitrogens with zero attached hydrogens (tertiary/aromatic N) is 1. The fourth-order valence-corrected chi connectivity index (χ4v) is 2.41. The lowest BCUT2D eigenvalue weighted by Crippen LogP contribution is -2.37. The average Bonchev–Trinajstić information content (AvgIpc) is 2.48. The molecule has 3 N–H and O–H groups in total. The molecule has 2 rings (SSSR count). The number of likely N-dealkylation sites (tertiary alicyclic amines) is 1. The first-order chi connectivity index (χ1) is 9.66. The summed E-state index contributed by atoms with van der Waals surface area (Å²) >= 11 is 0. The van der Waals surface area contributed by atoms with Crippen LogP contribution in [0.25, 0.3) is 0 Å². The van der Waals surface area contributed by atoms with Gasteiger partial charge >= 0.3 is 0 Å². The Kier molecular flexibility index (Phi) is 5.24. The Morgan fingerprint density at radius 2 is 1.90 bits per heavy atom. The normalized spacial score (nSPS) is 15.3. The topological polar surface area (TPSA) is 72.8 Å². The molecule has 0 aliphatic carbocycles. The molecule has 0 spiro atoms. The van der Waals surface area contributed by atoms with Gasteiger partial charge in [0, 0.05) is 32.6 Å². The van der Waals surface area contributed by atoms with Crippen LogP contribution < -0.4 is 5.32 Å². The van der Waals surface area contributed by atoms with E-state index in [0.717, 1.165) is 31.5 Å². The van der Waals surface area contributed by atoms with E-state index in [1.54, 1.807) is 6.07 Å². The number of phenolic OH excluding ortho intramolecular Hbond substituents is 2. The first-order valence-electron chi connectivity index (χ1n) is 7.16. The highest BCUT2D eigenvalue weighted by atomic mass is 16.3. The highest BCUT2D eigenvalue weighted by Gasteiger charge is 2.15. The van der Waals surface area contributed by atoms with E-state index in [2.05, 4.69) is 5.32 Å². The van der Waals surface area contributed by atoms with Gasteiger partial charge in [0.1, 0.15) is 0 Å². The van der Waals surface area contributed by atoms with Crippen LogP contribution in [0.2, 0.25) is 0 Å². The molecule has 0 aromatic heterocycles. The Bertz CT molecular complexity index is 456. The van der Waals surface area contributed by atoms with Gasteiger partial charge < -0.3 is 20.4 Å². The molecule has 1 fully saturated rings. The zero-order valence-corrected chi connectivity index (χ0v) is 11.6. The van der Waals surface area contributed by atoms with Crippen molar-refractivity contribution in [2.75, 3.05) is 19.6 Å². The highest BCUT2D eigenvalue weighted by molar-refractivity contribution is 5.76. The summed E-state index contributed by atoms with van der Waals surface area (Å²) < 4.78 is 0. The minimum Gasteiger partial charge on any atom is -0.504 e. The summed E-state index contributed by atoms with van der Waals surface area (Å²) in [5, 5.41) is 21.8. The van der Waals surface area contributed by atoms with Crippen molar-refractivity contribution in [2.24, 2.45) is 0 Å². The van der Waals surface area contributed by atoms with Crippen LogP contribution in [-0.2, 0) is 11.3 Å². The number of hydrogen-bond acceptors (Lipinski definition) is 4. The molecular weight excluding hydrogens is 256 g/mol. The number of rotatable bonds is 5. The first-order valence-corrected chi connectivity index (χ1v) is 7.16. The van der Waals surface area contributed by atoms with Gasteiger partial charge in [-0.15, -0.1) is 0 Å². The second-order valence-electron chi connectivity index (χ2n) is 5.19. The van der Waals surface area contributed by atoms with E-state index >= 15 is 0 Å². The predicted molar refractivity (Wildman–Crippen MR) is 76.5 cm³/mol. The summed E-state index contributed by atoms with van der Waals surface area (Å²) in [7, 11) is 0. The third-order valence-corrected chi connectivity index (χ3v) is 3.59. The minimum absolute atomic E-state index is 0.117. The molecule has 5 heteroatoms. The van der Waals surface area contributed by atoms with Gasteiger partial charge in [0.25, 0.3) is 0 Å². The molecule has 1 aliphatic rings. The SMILES string of the molecule is O=C(CCNCc1ccc(O)c(O)c1)N1CCCCC1. The molecule has 0 radical (unpaired) electrons. The number of aromatic hydroxyl groups is 2. The van der Waals surface area contributed by atoms with Crippen LogP contribution in [0.3, 0.4) is 0 Å². The van der Waals surface area contributed by atoms with E-state index in [1.165, 1.54) is 18.6 Å². The summed E-state index contributed by atoms with van der Waals surface area (Å²) in [6.07, 6.45) is 3.97. The maximum Gasteiger partial charge on any atom is 0.223 e. The predicted octanol–water partition coefficient (Wildman–Crippen LogP) is 1.59. The van der Waals surface area contributed by atoms with Gasteiger partial charge in [0.15, 0.2) is 11.5 Å². The van der Waals surface area contributed by atoms with Crippen molar-refractivity contribution in [3.63, 3.8) is 0 Å². The van der Waals surface area contributed by atoms with E-state index in [0.29, 0.717) is 19.5 Å². The van der Waals surface area contributed by atoms with Gasteiger partial charge in [-0.25, -0.2) is 0 Å². The number of carbonyl (C=O) groups is 1. The van der Waals surface area contributed by atoms with Gasteiger partial charge in [-0.3, -0.25) is 4.79 Å². The molecule has 0 atom stereocenters. The molecule has 110 valence electrons. The zero-order chi connectivity index (χ0) is 14.4. The van der Waals surface area contributed by atoms with E-state index < -0.39 is 0 Å². The molecule has 0 saturated carbocycles. The third-order valence-electron chi connectivity index (χ3n) is 3.59. The van der Waals surface area contributed by atoms with Crippen LogP contribution in [0, 0.1) is 0 Å².